The van der Waals surface area contributed by atoms with Gasteiger partial charge in [-0.2, -0.15) is 0 Å². The molecule has 23 heavy (non-hydrogen) atoms. The van der Waals surface area contributed by atoms with E-state index in [9.17, 15) is 9.59 Å². The zero-order valence-corrected chi connectivity index (χ0v) is 14.4. The predicted octanol–water partition coefficient (Wildman–Crippen LogP) is 2.65. The largest absolute Gasteiger partial charge is 0.416 e. The summed E-state index contributed by atoms with van der Waals surface area (Å²) in [4.78, 5) is 27.3. The summed E-state index contributed by atoms with van der Waals surface area (Å²) in [5, 5.41) is 9.90. The van der Waals surface area contributed by atoms with Crippen molar-refractivity contribution in [1.29, 1.82) is 0 Å². The number of rotatable bonds is 5. The van der Waals surface area contributed by atoms with Crippen molar-refractivity contribution in [2.75, 3.05) is 18.8 Å². The van der Waals surface area contributed by atoms with Crippen LogP contribution in [0, 0.1) is 12.8 Å². The predicted molar refractivity (Wildman–Crippen MR) is 87.7 cm³/mol. The topological polar surface area (TPSA) is 76.3 Å². The van der Waals surface area contributed by atoms with Gasteiger partial charge in [0.25, 0.3) is 5.22 Å². The lowest BCUT2D eigenvalue weighted by Gasteiger charge is -2.31. The van der Waals surface area contributed by atoms with E-state index in [1.165, 1.54) is 23.1 Å². The van der Waals surface area contributed by atoms with Crippen LogP contribution in [0.2, 0.25) is 0 Å². The van der Waals surface area contributed by atoms with E-state index in [0.717, 1.165) is 17.7 Å². The first-order chi connectivity index (χ1) is 11.1. The van der Waals surface area contributed by atoms with Gasteiger partial charge in [-0.05, 0) is 24.3 Å². The zero-order chi connectivity index (χ0) is 16.2. The fourth-order valence-electron chi connectivity index (χ4n) is 2.59. The molecule has 1 aliphatic heterocycles. The number of ketones is 1. The second kappa shape index (κ2) is 7.27. The van der Waals surface area contributed by atoms with Gasteiger partial charge in [-0.1, -0.05) is 17.8 Å². The SMILES string of the molecule is Cc1nnc(SCC(=O)N2CCCC(C(=O)c3cccs3)C2)o1. The summed E-state index contributed by atoms with van der Waals surface area (Å²) >= 11 is 2.70. The molecule has 1 aliphatic rings. The Bertz CT molecular complexity index is 684. The Hall–Kier alpha value is -1.67. The third-order valence-corrected chi connectivity index (χ3v) is 5.42. The maximum Gasteiger partial charge on any atom is 0.277 e. The number of nitrogens with zero attached hydrogens (tertiary/aromatic N) is 3. The summed E-state index contributed by atoms with van der Waals surface area (Å²) < 4.78 is 5.25. The van der Waals surface area contributed by atoms with Crippen molar-refractivity contribution in [3.05, 3.63) is 28.3 Å². The number of hydrogen-bond acceptors (Lipinski definition) is 7. The highest BCUT2D eigenvalue weighted by atomic mass is 32.2. The molecule has 1 saturated heterocycles. The van der Waals surface area contributed by atoms with Gasteiger partial charge in [0, 0.05) is 25.9 Å². The molecule has 0 aliphatic carbocycles. The van der Waals surface area contributed by atoms with Crippen LogP contribution in [-0.4, -0.2) is 45.6 Å². The number of hydrogen-bond donors (Lipinski definition) is 0. The average molecular weight is 351 g/mol. The number of carbonyl (C=O) groups excluding carboxylic acids is 2. The van der Waals surface area contributed by atoms with E-state index < -0.39 is 0 Å². The second-order valence-electron chi connectivity index (χ2n) is 5.40. The number of piperidine rings is 1. The van der Waals surface area contributed by atoms with Gasteiger partial charge in [-0.25, -0.2) is 0 Å². The van der Waals surface area contributed by atoms with Crippen LogP contribution < -0.4 is 0 Å². The molecule has 122 valence electrons. The van der Waals surface area contributed by atoms with Crippen molar-refractivity contribution < 1.29 is 14.0 Å². The summed E-state index contributed by atoms with van der Waals surface area (Å²) in [7, 11) is 0. The molecule has 0 spiro atoms. The molecule has 1 unspecified atom stereocenters. The number of likely N-dealkylation sites (tertiary alicyclic amines) is 1. The molecule has 1 amide bonds. The van der Waals surface area contributed by atoms with E-state index in [1.807, 2.05) is 17.5 Å². The lowest BCUT2D eigenvalue weighted by molar-refractivity contribution is -0.129. The highest BCUT2D eigenvalue weighted by Gasteiger charge is 2.29. The molecule has 3 rings (SSSR count). The molecule has 2 aromatic heterocycles. The zero-order valence-electron chi connectivity index (χ0n) is 12.7. The summed E-state index contributed by atoms with van der Waals surface area (Å²) in [6.45, 7) is 2.92. The quantitative estimate of drug-likeness (QED) is 0.609. The maximum absolute atomic E-state index is 12.4. The van der Waals surface area contributed by atoms with Gasteiger partial charge in [0.2, 0.25) is 11.8 Å². The second-order valence-corrected chi connectivity index (χ2v) is 7.27. The molecule has 3 heterocycles. The molecule has 0 aromatic carbocycles. The molecular weight excluding hydrogens is 334 g/mol. The summed E-state index contributed by atoms with van der Waals surface area (Å²) in [6.07, 6.45) is 1.70. The third-order valence-electron chi connectivity index (χ3n) is 3.74. The molecule has 1 fully saturated rings. The van der Waals surface area contributed by atoms with Crippen molar-refractivity contribution in [2.24, 2.45) is 5.92 Å². The summed E-state index contributed by atoms with van der Waals surface area (Å²) in [5.41, 5.74) is 0. The fourth-order valence-corrected chi connectivity index (χ4v) is 4.04. The van der Waals surface area contributed by atoms with Crippen molar-refractivity contribution in [1.82, 2.24) is 15.1 Å². The van der Waals surface area contributed by atoms with Crippen LogP contribution in [0.5, 0.6) is 0 Å². The van der Waals surface area contributed by atoms with E-state index in [4.69, 9.17) is 4.42 Å². The lowest BCUT2D eigenvalue weighted by Crippen LogP contribution is -2.43. The molecule has 6 nitrogen and oxygen atoms in total. The molecule has 1 atom stereocenters. The molecule has 0 radical (unpaired) electrons. The Morgan fingerprint density at radius 1 is 1.48 bits per heavy atom. The van der Waals surface area contributed by atoms with E-state index in [0.29, 0.717) is 24.2 Å². The minimum atomic E-state index is -0.0954. The number of aromatic nitrogens is 2. The Morgan fingerprint density at radius 2 is 2.35 bits per heavy atom. The van der Waals surface area contributed by atoms with Gasteiger partial charge in [0.05, 0.1) is 10.6 Å². The van der Waals surface area contributed by atoms with Crippen LogP contribution in [0.1, 0.15) is 28.4 Å². The van der Waals surface area contributed by atoms with E-state index in [2.05, 4.69) is 10.2 Å². The standard InChI is InChI=1S/C15H17N3O3S2/c1-10-16-17-15(21-10)23-9-13(19)18-6-2-4-11(8-18)14(20)12-5-3-7-22-12/h3,5,7,11H,2,4,6,8-9H2,1H3. The minimum Gasteiger partial charge on any atom is -0.416 e. The number of carbonyl (C=O) groups is 2. The van der Waals surface area contributed by atoms with Crippen LogP contribution in [0.3, 0.4) is 0 Å². The molecule has 0 N–H and O–H groups in total. The van der Waals surface area contributed by atoms with Crippen LogP contribution >= 0.6 is 23.1 Å². The van der Waals surface area contributed by atoms with Crippen LogP contribution in [-0.2, 0) is 4.79 Å². The maximum atomic E-state index is 12.4. The van der Waals surface area contributed by atoms with Crippen LogP contribution in [0.4, 0.5) is 0 Å². The molecule has 8 heteroatoms. The van der Waals surface area contributed by atoms with Gasteiger partial charge < -0.3 is 9.32 Å². The van der Waals surface area contributed by atoms with Gasteiger partial charge in [-0.15, -0.1) is 21.5 Å². The normalized spacial score (nSPS) is 18.1. The van der Waals surface area contributed by atoms with Crippen molar-refractivity contribution in [3.63, 3.8) is 0 Å². The van der Waals surface area contributed by atoms with Crippen LogP contribution in [0.15, 0.2) is 27.2 Å². The van der Waals surface area contributed by atoms with Gasteiger partial charge in [0.15, 0.2) is 5.78 Å². The number of thioether (sulfide) groups is 1. The van der Waals surface area contributed by atoms with Gasteiger partial charge in [-0.3, -0.25) is 9.59 Å². The Balaban J connectivity index is 1.55. The highest BCUT2D eigenvalue weighted by molar-refractivity contribution is 7.99. The number of Topliss-reactive ketones (excluding diaryl/α,β-unsaturated/α-hetero) is 1. The third kappa shape index (κ3) is 4.00. The summed E-state index contributed by atoms with van der Waals surface area (Å²) in [6, 6.07) is 3.73. The fraction of sp³-hybridized carbons (Fsp3) is 0.467. The first-order valence-electron chi connectivity index (χ1n) is 7.42. The minimum absolute atomic E-state index is 0.00883. The number of amides is 1. The lowest BCUT2D eigenvalue weighted by atomic mass is 9.93. The summed E-state index contributed by atoms with van der Waals surface area (Å²) in [5.74, 6) is 0.801. The Labute approximate surface area is 142 Å². The first-order valence-corrected chi connectivity index (χ1v) is 9.28. The Kier molecular flexibility index (Phi) is 5.12. The molecule has 2 aromatic rings. The van der Waals surface area contributed by atoms with Crippen molar-refractivity contribution >= 4 is 34.8 Å². The van der Waals surface area contributed by atoms with Gasteiger partial charge >= 0.3 is 0 Å². The van der Waals surface area contributed by atoms with Crippen molar-refractivity contribution in [2.45, 2.75) is 25.0 Å². The van der Waals surface area contributed by atoms with E-state index in [1.54, 1.807) is 11.8 Å². The molecule has 0 saturated carbocycles. The van der Waals surface area contributed by atoms with E-state index in [-0.39, 0.29) is 23.4 Å². The van der Waals surface area contributed by atoms with Gasteiger partial charge in [0.1, 0.15) is 0 Å². The van der Waals surface area contributed by atoms with Crippen LogP contribution in [0.25, 0.3) is 0 Å². The Morgan fingerprint density at radius 3 is 3.04 bits per heavy atom. The number of thiophene rings is 1. The smallest absolute Gasteiger partial charge is 0.277 e. The van der Waals surface area contributed by atoms with E-state index >= 15 is 0 Å². The first kappa shape index (κ1) is 16.2. The van der Waals surface area contributed by atoms with Crippen molar-refractivity contribution in [3.8, 4) is 0 Å². The molecular formula is C15H17N3O3S2. The number of aryl methyl sites for hydroxylation is 1. The average Bonchev–Trinajstić information content (AvgIpc) is 3.23. The monoisotopic (exact) mass is 351 g/mol. The molecule has 0 bridgehead atoms. The highest BCUT2D eigenvalue weighted by Crippen LogP contribution is 2.24.